The lowest BCUT2D eigenvalue weighted by atomic mass is 10.1. The number of hydrogen-bond acceptors (Lipinski definition) is 9. The third kappa shape index (κ3) is 18.4. The van der Waals surface area contributed by atoms with Gasteiger partial charge in [0.1, 0.15) is 22.4 Å². The first-order valence-corrected chi connectivity index (χ1v) is 15.2. The van der Waals surface area contributed by atoms with Crippen LogP contribution < -0.4 is 0 Å². The standard InChI is InChI=1S/C16H24N6O3S2.C3H8.3C2H6.CH4O/c1-21(2)10(7-23)5-11-14(19-8-17-11)26-27-15-12(18-9-20-15)6-13(16(24)25)22(3)4;1-3-2;4*1-2/h7-10,13H,5-6H2,1-4H3,(H,17,19)(H,18,20)(H,24,25);3H2,1-2H3;3*1-2H3;2H,1H3. The lowest BCUT2D eigenvalue weighted by Crippen LogP contribution is -2.37. The molecule has 0 radical (unpaired) electrons. The zero-order valence-corrected chi connectivity index (χ0v) is 27.5. The van der Waals surface area contributed by atoms with E-state index >= 15 is 0 Å². The van der Waals surface area contributed by atoms with Crippen molar-refractivity contribution in [3.63, 3.8) is 0 Å². The molecule has 2 aromatic rings. The summed E-state index contributed by atoms with van der Waals surface area (Å²) in [7, 11) is 11.0. The highest BCUT2D eigenvalue weighted by Gasteiger charge is 2.23. The zero-order chi connectivity index (χ0) is 30.7. The van der Waals surface area contributed by atoms with Gasteiger partial charge in [-0.1, -0.05) is 61.8 Å². The first kappa shape index (κ1) is 43.2. The summed E-state index contributed by atoms with van der Waals surface area (Å²) < 4.78 is 0. The summed E-state index contributed by atoms with van der Waals surface area (Å²) in [5.74, 6) is -0.878. The normalized spacial score (nSPS) is 10.9. The van der Waals surface area contributed by atoms with Crippen LogP contribution in [0.2, 0.25) is 0 Å². The Hall–Kier alpha value is -1.86. The number of carbonyl (C=O) groups is 2. The quantitative estimate of drug-likeness (QED) is 0.206. The molecule has 0 saturated heterocycles. The zero-order valence-electron chi connectivity index (χ0n) is 25.8. The first-order chi connectivity index (χ1) is 18.2. The van der Waals surface area contributed by atoms with Gasteiger partial charge < -0.3 is 25.0 Å². The van der Waals surface area contributed by atoms with Gasteiger partial charge in [-0.15, -0.1) is 0 Å². The fraction of sp³-hybridized carbons (Fsp3) is 0.692. The topological polar surface area (TPSA) is 138 Å². The molecule has 2 aromatic heterocycles. The number of carboxylic acid groups (broad SMARTS) is 1. The minimum atomic E-state index is -0.878. The number of nitrogens with zero attached hydrogens (tertiary/aromatic N) is 4. The van der Waals surface area contributed by atoms with Crippen LogP contribution >= 0.6 is 21.6 Å². The Morgan fingerprint density at radius 1 is 0.868 bits per heavy atom. The van der Waals surface area contributed by atoms with Crippen molar-refractivity contribution in [2.45, 2.75) is 96.8 Å². The number of aromatic nitrogens is 4. The molecular formula is C26H54N6O4S2. The summed E-state index contributed by atoms with van der Waals surface area (Å²) in [5, 5.41) is 17.9. The van der Waals surface area contributed by atoms with E-state index in [0.717, 1.165) is 34.8 Å². The smallest absolute Gasteiger partial charge is 0.321 e. The van der Waals surface area contributed by atoms with Crippen molar-refractivity contribution >= 4 is 33.8 Å². The van der Waals surface area contributed by atoms with E-state index in [2.05, 4.69) is 33.8 Å². The number of aliphatic hydroxyl groups is 1. The highest BCUT2D eigenvalue weighted by atomic mass is 33.1. The van der Waals surface area contributed by atoms with Crippen LogP contribution in [0.3, 0.4) is 0 Å². The summed E-state index contributed by atoms with van der Waals surface area (Å²) in [6, 6.07) is -0.864. The number of imidazole rings is 2. The number of H-pyrrole nitrogens is 2. The number of hydrogen-bond donors (Lipinski definition) is 4. The largest absolute Gasteiger partial charge is 0.480 e. The Balaban J connectivity index is -0.000000461. The summed E-state index contributed by atoms with van der Waals surface area (Å²) >= 11 is 0. The molecule has 0 saturated carbocycles. The van der Waals surface area contributed by atoms with Crippen LogP contribution in [-0.4, -0.2) is 99.6 Å². The van der Waals surface area contributed by atoms with Crippen LogP contribution in [0.15, 0.2) is 22.7 Å². The van der Waals surface area contributed by atoms with Gasteiger partial charge in [-0.25, -0.2) is 9.97 Å². The minimum Gasteiger partial charge on any atom is -0.480 e. The van der Waals surface area contributed by atoms with E-state index in [-0.39, 0.29) is 6.04 Å². The molecule has 38 heavy (non-hydrogen) atoms. The molecule has 0 aromatic carbocycles. The monoisotopic (exact) mass is 578 g/mol. The second-order valence-electron chi connectivity index (χ2n) is 7.14. The average Bonchev–Trinajstić information content (AvgIpc) is 3.57. The van der Waals surface area contributed by atoms with Crippen LogP contribution in [0.25, 0.3) is 0 Å². The maximum Gasteiger partial charge on any atom is 0.321 e. The molecule has 0 amide bonds. The van der Waals surface area contributed by atoms with Gasteiger partial charge in [0, 0.05) is 20.0 Å². The minimum absolute atomic E-state index is 0.229. The Kier molecular flexibility index (Phi) is 33.8. The van der Waals surface area contributed by atoms with Crippen LogP contribution in [-0.2, 0) is 22.4 Å². The van der Waals surface area contributed by atoms with Crippen LogP contribution in [0.5, 0.6) is 0 Å². The Morgan fingerprint density at radius 3 is 1.53 bits per heavy atom. The van der Waals surface area contributed by atoms with E-state index in [1.54, 1.807) is 31.6 Å². The molecule has 224 valence electrons. The summed E-state index contributed by atoms with van der Waals surface area (Å²) in [6.45, 7) is 16.2. The van der Waals surface area contributed by atoms with Crippen molar-refractivity contribution in [2.75, 3.05) is 35.3 Å². The molecular weight excluding hydrogens is 524 g/mol. The number of carbonyl (C=O) groups excluding carboxylic acids is 1. The van der Waals surface area contributed by atoms with Crippen molar-refractivity contribution < 1.29 is 19.8 Å². The fourth-order valence-corrected chi connectivity index (χ4v) is 4.55. The lowest BCUT2D eigenvalue weighted by molar-refractivity contribution is -0.142. The molecule has 2 heterocycles. The molecule has 0 aliphatic carbocycles. The van der Waals surface area contributed by atoms with Crippen molar-refractivity contribution in [3.8, 4) is 0 Å². The predicted molar refractivity (Wildman–Crippen MR) is 163 cm³/mol. The van der Waals surface area contributed by atoms with Crippen LogP contribution in [0, 0.1) is 0 Å². The molecule has 4 N–H and O–H groups in total. The second kappa shape index (κ2) is 29.7. The molecule has 2 rings (SSSR count). The third-order valence-electron chi connectivity index (χ3n) is 4.10. The highest BCUT2D eigenvalue weighted by Crippen LogP contribution is 2.38. The van der Waals surface area contributed by atoms with Gasteiger partial charge in [-0.2, -0.15) is 0 Å². The first-order valence-electron chi connectivity index (χ1n) is 13.1. The molecule has 0 fully saturated rings. The molecule has 10 nitrogen and oxygen atoms in total. The van der Waals surface area contributed by atoms with E-state index in [9.17, 15) is 14.7 Å². The third-order valence-corrected chi connectivity index (χ3v) is 6.40. The SMILES string of the molecule is CC.CC.CC.CCC.CN(C)C(C=O)Cc1[nH]cnc1SSc1nc[nH]c1CC(C(=O)O)N(C)C.CO. The molecule has 0 aliphatic heterocycles. The van der Waals surface area contributed by atoms with Gasteiger partial charge in [-0.3, -0.25) is 14.6 Å². The average molecular weight is 579 g/mol. The maximum absolute atomic E-state index is 11.4. The van der Waals surface area contributed by atoms with E-state index in [0.29, 0.717) is 12.8 Å². The Morgan fingerprint density at radius 2 is 1.24 bits per heavy atom. The summed E-state index contributed by atoms with van der Waals surface area (Å²) in [5.41, 5.74) is 1.65. The van der Waals surface area contributed by atoms with Gasteiger partial charge >= 0.3 is 5.97 Å². The number of aliphatic carboxylic acids is 1. The number of likely N-dealkylation sites (N-methyl/N-ethyl adjacent to an activating group) is 2. The summed E-state index contributed by atoms with van der Waals surface area (Å²) in [4.78, 5) is 40.9. The van der Waals surface area contributed by atoms with E-state index in [4.69, 9.17) is 5.11 Å². The number of carboxylic acids is 1. The number of aromatic amines is 2. The maximum atomic E-state index is 11.4. The molecule has 2 unspecified atom stereocenters. The van der Waals surface area contributed by atoms with Crippen molar-refractivity contribution in [3.05, 3.63) is 24.0 Å². The van der Waals surface area contributed by atoms with E-state index in [1.165, 1.54) is 28.0 Å². The van der Waals surface area contributed by atoms with Gasteiger partial charge in [0.25, 0.3) is 0 Å². The number of rotatable bonds is 11. The van der Waals surface area contributed by atoms with E-state index < -0.39 is 12.0 Å². The summed E-state index contributed by atoms with van der Waals surface area (Å²) in [6.07, 6.45) is 6.20. The van der Waals surface area contributed by atoms with Crippen LogP contribution in [0.1, 0.15) is 73.2 Å². The lowest BCUT2D eigenvalue weighted by Gasteiger charge is -2.19. The van der Waals surface area contributed by atoms with Gasteiger partial charge in [-0.05, 0) is 49.8 Å². The highest BCUT2D eigenvalue weighted by molar-refractivity contribution is 8.76. The van der Waals surface area contributed by atoms with Gasteiger partial charge in [0.15, 0.2) is 0 Å². The molecule has 0 aliphatic rings. The van der Waals surface area contributed by atoms with Crippen LogP contribution in [0.4, 0.5) is 0 Å². The fourth-order valence-electron chi connectivity index (χ4n) is 2.38. The van der Waals surface area contributed by atoms with Crippen molar-refractivity contribution in [1.29, 1.82) is 0 Å². The second-order valence-corrected chi connectivity index (χ2v) is 9.25. The number of aliphatic hydroxyl groups excluding tert-OH is 1. The Bertz CT molecular complexity index is 785. The van der Waals surface area contributed by atoms with Crippen molar-refractivity contribution in [2.24, 2.45) is 0 Å². The van der Waals surface area contributed by atoms with Gasteiger partial charge in [0.05, 0.1) is 30.1 Å². The molecule has 2 atom stereocenters. The van der Waals surface area contributed by atoms with Gasteiger partial charge in [0.2, 0.25) is 0 Å². The number of aldehydes is 1. The van der Waals surface area contributed by atoms with E-state index in [1.807, 2.05) is 60.5 Å². The predicted octanol–water partition coefficient (Wildman–Crippen LogP) is 5.26. The molecule has 0 spiro atoms. The Labute approximate surface area is 239 Å². The molecule has 0 bridgehead atoms. The number of nitrogens with one attached hydrogen (secondary N) is 2. The van der Waals surface area contributed by atoms with Crippen molar-refractivity contribution in [1.82, 2.24) is 29.7 Å². The molecule has 12 heteroatoms.